The van der Waals surface area contributed by atoms with Crippen molar-refractivity contribution in [3.8, 4) is 0 Å². The van der Waals surface area contributed by atoms with E-state index in [-0.39, 0.29) is 26.9 Å². The molecule has 2 aromatic carbocycles. The molecule has 1 fully saturated rings. The largest absolute Gasteiger partial charge is 0.348 e. The van der Waals surface area contributed by atoms with Crippen LogP contribution in [-0.2, 0) is 26.4 Å². The minimum Gasteiger partial charge on any atom is -0.348 e. The van der Waals surface area contributed by atoms with E-state index in [1.165, 1.54) is 34.6 Å². The molecule has 29 heavy (non-hydrogen) atoms. The fourth-order valence-corrected chi connectivity index (χ4v) is 5.89. The van der Waals surface area contributed by atoms with Crippen LogP contribution >= 0.6 is 11.6 Å². The number of carbonyl (C=O) groups is 1. The van der Waals surface area contributed by atoms with E-state index in [2.05, 4.69) is 5.32 Å². The summed E-state index contributed by atoms with van der Waals surface area (Å²) in [7, 11) is -7.03. The number of hydrogen-bond donors (Lipinski definition) is 1. The van der Waals surface area contributed by atoms with Crippen molar-refractivity contribution in [3.63, 3.8) is 0 Å². The van der Waals surface area contributed by atoms with E-state index in [1.807, 2.05) is 0 Å². The van der Waals surface area contributed by atoms with Gasteiger partial charge in [0.1, 0.15) is 0 Å². The molecule has 0 bridgehead atoms. The highest BCUT2D eigenvalue weighted by atomic mass is 35.5. The third-order valence-corrected chi connectivity index (χ3v) is 8.16. The summed E-state index contributed by atoms with van der Waals surface area (Å²) in [6, 6.07) is 10.4. The molecule has 1 amide bonds. The van der Waals surface area contributed by atoms with Gasteiger partial charge in [-0.25, -0.2) is 16.8 Å². The monoisotopic (exact) mass is 456 g/mol. The van der Waals surface area contributed by atoms with Gasteiger partial charge in [0.2, 0.25) is 10.0 Å². The molecule has 0 unspecified atom stereocenters. The summed E-state index contributed by atoms with van der Waals surface area (Å²) in [5.74, 6) is -0.458. The normalized spacial score (nSPS) is 15.4. The molecule has 0 aromatic heterocycles. The van der Waals surface area contributed by atoms with Gasteiger partial charge in [-0.15, -0.1) is 0 Å². The van der Waals surface area contributed by atoms with Gasteiger partial charge in [0, 0.05) is 31.5 Å². The van der Waals surface area contributed by atoms with E-state index in [4.69, 9.17) is 11.6 Å². The Morgan fingerprint density at radius 2 is 1.66 bits per heavy atom. The second kappa shape index (κ2) is 8.43. The standard InChI is InChI=1S/C19H21ClN2O5S2/c1-28(24,25)18-12-15(6-9-17(18)20)19(23)21-13-14-4-7-16(8-5-14)29(26,27)22-10-2-3-11-22/h4-9,12H,2-3,10-11,13H2,1H3,(H,21,23). The van der Waals surface area contributed by atoms with E-state index in [9.17, 15) is 21.6 Å². The van der Waals surface area contributed by atoms with Gasteiger partial charge in [-0.1, -0.05) is 23.7 Å². The lowest BCUT2D eigenvalue weighted by Gasteiger charge is -2.15. The number of sulfone groups is 1. The minimum absolute atomic E-state index is 0.0545. The number of carbonyl (C=O) groups excluding carboxylic acids is 1. The Kier molecular flexibility index (Phi) is 6.33. The third-order valence-electron chi connectivity index (χ3n) is 4.67. The first kappa shape index (κ1) is 21.8. The van der Waals surface area contributed by atoms with Crippen LogP contribution in [-0.4, -0.2) is 46.4 Å². The maximum Gasteiger partial charge on any atom is 0.251 e. The van der Waals surface area contributed by atoms with Crippen LogP contribution in [0.2, 0.25) is 5.02 Å². The molecule has 1 N–H and O–H groups in total. The van der Waals surface area contributed by atoms with Gasteiger partial charge in [-0.3, -0.25) is 4.79 Å². The predicted octanol–water partition coefficient (Wildman–Crippen LogP) is 2.46. The molecule has 7 nitrogen and oxygen atoms in total. The summed E-state index contributed by atoms with van der Waals surface area (Å²) in [6.07, 6.45) is 2.76. The number of benzene rings is 2. The molecule has 1 aliphatic heterocycles. The fraction of sp³-hybridized carbons (Fsp3) is 0.316. The Labute approximate surface area is 175 Å². The highest BCUT2D eigenvalue weighted by Gasteiger charge is 2.26. The molecule has 3 rings (SSSR count). The molecule has 0 atom stereocenters. The first-order valence-corrected chi connectivity index (χ1v) is 12.7. The molecule has 0 spiro atoms. The van der Waals surface area contributed by atoms with Gasteiger partial charge in [0.15, 0.2) is 9.84 Å². The van der Waals surface area contributed by atoms with Gasteiger partial charge in [0.05, 0.1) is 14.8 Å². The summed E-state index contributed by atoms with van der Waals surface area (Å²) in [5.41, 5.74) is 0.888. The van der Waals surface area contributed by atoms with E-state index < -0.39 is 25.8 Å². The number of nitrogens with one attached hydrogen (secondary N) is 1. The average Bonchev–Trinajstić information content (AvgIpc) is 3.21. The van der Waals surface area contributed by atoms with Gasteiger partial charge >= 0.3 is 0 Å². The van der Waals surface area contributed by atoms with Crippen LogP contribution in [0.5, 0.6) is 0 Å². The van der Waals surface area contributed by atoms with Crippen molar-refractivity contribution in [2.75, 3.05) is 19.3 Å². The summed E-state index contributed by atoms with van der Waals surface area (Å²) in [6.45, 7) is 1.24. The quantitative estimate of drug-likeness (QED) is 0.719. The molecule has 0 aliphatic carbocycles. The average molecular weight is 457 g/mol. The summed E-state index contributed by atoms with van der Waals surface area (Å²) >= 11 is 5.89. The zero-order valence-electron chi connectivity index (χ0n) is 15.8. The highest BCUT2D eigenvalue weighted by molar-refractivity contribution is 7.90. The van der Waals surface area contributed by atoms with Crippen molar-refractivity contribution >= 4 is 37.4 Å². The molecular weight excluding hydrogens is 436 g/mol. The lowest BCUT2D eigenvalue weighted by molar-refractivity contribution is 0.0950. The van der Waals surface area contributed by atoms with Crippen LogP contribution in [0.4, 0.5) is 0 Å². The lowest BCUT2D eigenvalue weighted by atomic mass is 10.2. The molecule has 10 heteroatoms. The van der Waals surface area contributed by atoms with Crippen LogP contribution < -0.4 is 5.32 Å². The van der Waals surface area contributed by atoms with Crippen molar-refractivity contribution in [2.45, 2.75) is 29.2 Å². The van der Waals surface area contributed by atoms with Gasteiger partial charge in [0.25, 0.3) is 5.91 Å². The number of halogens is 1. The first-order valence-electron chi connectivity index (χ1n) is 8.96. The van der Waals surface area contributed by atoms with Crippen LogP contribution in [0.3, 0.4) is 0 Å². The molecule has 1 aliphatic rings. The second-order valence-corrected chi connectivity index (χ2v) is 11.2. The minimum atomic E-state index is -3.56. The highest BCUT2D eigenvalue weighted by Crippen LogP contribution is 2.23. The maximum atomic E-state index is 12.5. The van der Waals surface area contributed by atoms with Crippen LogP contribution in [0.15, 0.2) is 52.3 Å². The van der Waals surface area contributed by atoms with Crippen molar-refractivity contribution in [2.24, 2.45) is 0 Å². The molecule has 1 heterocycles. The molecular formula is C19H21ClN2O5S2. The van der Waals surface area contributed by atoms with E-state index in [0.717, 1.165) is 24.7 Å². The summed E-state index contributed by atoms with van der Waals surface area (Å²) < 4.78 is 50.0. The smallest absolute Gasteiger partial charge is 0.251 e. The van der Waals surface area contributed by atoms with Crippen LogP contribution in [0, 0.1) is 0 Å². The van der Waals surface area contributed by atoms with E-state index in [0.29, 0.717) is 13.1 Å². The van der Waals surface area contributed by atoms with Crippen molar-refractivity contribution in [3.05, 3.63) is 58.6 Å². The van der Waals surface area contributed by atoms with E-state index in [1.54, 1.807) is 12.1 Å². The Morgan fingerprint density at radius 3 is 2.24 bits per heavy atom. The Balaban J connectivity index is 1.68. The number of hydrogen-bond acceptors (Lipinski definition) is 5. The number of sulfonamides is 1. The zero-order valence-corrected chi connectivity index (χ0v) is 18.1. The maximum absolute atomic E-state index is 12.5. The summed E-state index contributed by atoms with van der Waals surface area (Å²) in [4.78, 5) is 12.5. The summed E-state index contributed by atoms with van der Waals surface area (Å²) in [5, 5.41) is 2.74. The van der Waals surface area contributed by atoms with Crippen molar-refractivity contribution in [1.29, 1.82) is 0 Å². The van der Waals surface area contributed by atoms with Gasteiger partial charge in [-0.05, 0) is 48.7 Å². The van der Waals surface area contributed by atoms with E-state index >= 15 is 0 Å². The third kappa shape index (κ3) is 4.98. The second-order valence-electron chi connectivity index (χ2n) is 6.86. The molecule has 0 saturated carbocycles. The Morgan fingerprint density at radius 1 is 1.03 bits per heavy atom. The molecule has 2 aromatic rings. The zero-order chi connectivity index (χ0) is 21.2. The lowest BCUT2D eigenvalue weighted by Crippen LogP contribution is -2.28. The molecule has 0 radical (unpaired) electrons. The van der Waals surface area contributed by atoms with Gasteiger partial charge < -0.3 is 5.32 Å². The SMILES string of the molecule is CS(=O)(=O)c1cc(C(=O)NCc2ccc(S(=O)(=O)N3CCCC3)cc2)ccc1Cl. The van der Waals surface area contributed by atoms with Crippen molar-refractivity contribution in [1.82, 2.24) is 9.62 Å². The first-order chi connectivity index (χ1) is 13.6. The predicted molar refractivity (Wildman–Crippen MR) is 110 cm³/mol. The van der Waals surface area contributed by atoms with Crippen LogP contribution in [0.25, 0.3) is 0 Å². The number of amides is 1. The number of rotatable bonds is 6. The number of nitrogens with zero attached hydrogens (tertiary/aromatic N) is 1. The topological polar surface area (TPSA) is 101 Å². The Bertz CT molecular complexity index is 1120. The molecule has 1 saturated heterocycles. The van der Waals surface area contributed by atoms with Crippen molar-refractivity contribution < 1.29 is 21.6 Å². The fourth-order valence-electron chi connectivity index (χ4n) is 3.07. The Hall–Kier alpha value is -1.94. The van der Waals surface area contributed by atoms with Gasteiger partial charge in [-0.2, -0.15) is 4.31 Å². The van der Waals surface area contributed by atoms with Crippen LogP contribution in [0.1, 0.15) is 28.8 Å². The molecule has 156 valence electrons.